The van der Waals surface area contributed by atoms with Crippen molar-refractivity contribution in [2.45, 2.75) is 6.54 Å². The van der Waals surface area contributed by atoms with E-state index in [2.05, 4.69) is 15.6 Å². The molecule has 0 aliphatic carbocycles. The van der Waals surface area contributed by atoms with Gasteiger partial charge in [-0.15, -0.1) is 5.10 Å². The predicted molar refractivity (Wildman–Crippen MR) is 102 cm³/mol. The number of carbonyl (C=O) groups is 1. The number of hydrogen-bond acceptors (Lipinski definition) is 3. The number of carbonyl (C=O) groups excluding carboxylic acids is 1. The predicted octanol–water partition coefficient (Wildman–Crippen LogP) is 4.39. The van der Waals surface area contributed by atoms with E-state index in [0.29, 0.717) is 22.8 Å². The van der Waals surface area contributed by atoms with Gasteiger partial charge in [-0.3, -0.25) is 4.79 Å². The zero-order chi connectivity index (χ0) is 17.9. The molecule has 0 radical (unpaired) electrons. The minimum atomic E-state index is -0.198. The monoisotopic (exact) mass is 362 g/mol. The summed E-state index contributed by atoms with van der Waals surface area (Å²) in [5, 5.41) is 11.7. The first-order valence-electron chi connectivity index (χ1n) is 8.14. The molecule has 1 amide bonds. The second-order valence-electron chi connectivity index (χ2n) is 5.87. The third-order valence-electron chi connectivity index (χ3n) is 4.09. The summed E-state index contributed by atoms with van der Waals surface area (Å²) in [5.74, 6) is -0.198. The maximum atomic E-state index is 12.4. The van der Waals surface area contributed by atoms with Crippen molar-refractivity contribution in [1.29, 1.82) is 0 Å². The molecule has 0 fully saturated rings. The van der Waals surface area contributed by atoms with Crippen molar-refractivity contribution in [1.82, 2.24) is 15.0 Å². The number of benzene rings is 3. The molecule has 0 bridgehead atoms. The van der Waals surface area contributed by atoms with Gasteiger partial charge in [-0.1, -0.05) is 53.2 Å². The van der Waals surface area contributed by atoms with Crippen LogP contribution < -0.4 is 5.32 Å². The van der Waals surface area contributed by atoms with E-state index in [1.54, 1.807) is 24.3 Å². The minimum absolute atomic E-state index is 0.198. The molecular weight excluding hydrogens is 348 g/mol. The maximum absolute atomic E-state index is 12.4. The lowest BCUT2D eigenvalue weighted by atomic mass is 10.1. The molecule has 128 valence electrons. The molecule has 1 aromatic heterocycles. The van der Waals surface area contributed by atoms with Gasteiger partial charge in [-0.25, -0.2) is 4.68 Å². The largest absolute Gasteiger partial charge is 0.321 e. The summed E-state index contributed by atoms with van der Waals surface area (Å²) in [6, 6.07) is 22.4. The van der Waals surface area contributed by atoms with Gasteiger partial charge in [0.25, 0.3) is 5.91 Å². The van der Waals surface area contributed by atoms with Gasteiger partial charge in [-0.2, -0.15) is 0 Å². The molecule has 0 spiro atoms. The summed E-state index contributed by atoms with van der Waals surface area (Å²) in [6.07, 6.45) is 0. The van der Waals surface area contributed by atoms with Crippen LogP contribution in [0.3, 0.4) is 0 Å². The summed E-state index contributed by atoms with van der Waals surface area (Å²) in [5.41, 5.74) is 4.04. The number of nitrogens with zero attached hydrogens (tertiary/aromatic N) is 3. The SMILES string of the molecule is O=C(Nc1ccccc1Cl)c1ccc(Cn2nnc3ccccc32)cc1. The lowest BCUT2D eigenvalue weighted by molar-refractivity contribution is 0.102. The molecule has 6 heteroatoms. The van der Waals surface area contributed by atoms with Gasteiger partial charge < -0.3 is 5.32 Å². The van der Waals surface area contributed by atoms with Gasteiger partial charge in [0.15, 0.2) is 0 Å². The van der Waals surface area contributed by atoms with Crippen molar-refractivity contribution < 1.29 is 4.79 Å². The van der Waals surface area contributed by atoms with Crippen LogP contribution >= 0.6 is 11.6 Å². The number of amides is 1. The molecule has 5 nitrogen and oxygen atoms in total. The van der Waals surface area contributed by atoms with Gasteiger partial charge in [0.1, 0.15) is 5.52 Å². The quantitative estimate of drug-likeness (QED) is 0.586. The van der Waals surface area contributed by atoms with Gasteiger partial charge in [0.05, 0.1) is 22.8 Å². The first-order chi connectivity index (χ1) is 12.7. The topological polar surface area (TPSA) is 59.8 Å². The van der Waals surface area contributed by atoms with Crippen LogP contribution in [0.4, 0.5) is 5.69 Å². The summed E-state index contributed by atoms with van der Waals surface area (Å²) < 4.78 is 1.84. The van der Waals surface area contributed by atoms with Gasteiger partial charge >= 0.3 is 0 Å². The Balaban J connectivity index is 1.50. The van der Waals surface area contributed by atoms with Crippen LogP contribution in [0.25, 0.3) is 11.0 Å². The van der Waals surface area contributed by atoms with E-state index in [-0.39, 0.29) is 5.91 Å². The fraction of sp³-hybridized carbons (Fsp3) is 0.0500. The van der Waals surface area contributed by atoms with Crippen LogP contribution in [0.2, 0.25) is 5.02 Å². The number of rotatable bonds is 4. The van der Waals surface area contributed by atoms with E-state index < -0.39 is 0 Å². The van der Waals surface area contributed by atoms with Crippen molar-refractivity contribution in [3.8, 4) is 0 Å². The van der Waals surface area contributed by atoms with E-state index in [1.165, 1.54) is 0 Å². The highest BCUT2D eigenvalue weighted by atomic mass is 35.5. The number of fused-ring (bicyclic) bond motifs is 1. The molecule has 0 unspecified atom stereocenters. The standard InChI is InChI=1S/C20H15ClN4O/c21-16-5-1-2-6-17(16)22-20(26)15-11-9-14(10-12-15)13-25-19-8-4-3-7-18(19)23-24-25/h1-12H,13H2,(H,22,26). The number of para-hydroxylation sites is 2. The molecule has 0 aliphatic heterocycles. The number of hydrogen-bond donors (Lipinski definition) is 1. The Labute approximate surface area is 155 Å². The lowest BCUT2D eigenvalue weighted by Crippen LogP contribution is -2.12. The minimum Gasteiger partial charge on any atom is -0.321 e. The van der Waals surface area contributed by atoms with Crippen LogP contribution in [-0.2, 0) is 6.54 Å². The van der Waals surface area contributed by atoms with Crippen LogP contribution in [-0.4, -0.2) is 20.9 Å². The van der Waals surface area contributed by atoms with Gasteiger partial charge in [0.2, 0.25) is 0 Å². The van der Waals surface area contributed by atoms with Gasteiger partial charge in [-0.05, 0) is 42.0 Å². The number of anilines is 1. The van der Waals surface area contributed by atoms with Crippen LogP contribution in [0.1, 0.15) is 15.9 Å². The van der Waals surface area contributed by atoms with E-state index >= 15 is 0 Å². The number of halogens is 1. The second-order valence-corrected chi connectivity index (χ2v) is 6.27. The highest BCUT2D eigenvalue weighted by Crippen LogP contribution is 2.21. The highest BCUT2D eigenvalue weighted by Gasteiger charge is 2.09. The average Bonchev–Trinajstić information content (AvgIpc) is 3.07. The molecular formula is C20H15ClN4O. The molecule has 3 aromatic carbocycles. The van der Waals surface area contributed by atoms with E-state index in [9.17, 15) is 4.79 Å². The zero-order valence-corrected chi connectivity index (χ0v) is 14.5. The summed E-state index contributed by atoms with van der Waals surface area (Å²) in [4.78, 5) is 12.4. The van der Waals surface area contributed by atoms with Crippen LogP contribution in [0.15, 0.2) is 72.8 Å². The third-order valence-corrected chi connectivity index (χ3v) is 4.42. The lowest BCUT2D eigenvalue weighted by Gasteiger charge is -2.08. The molecule has 1 heterocycles. The average molecular weight is 363 g/mol. The van der Waals surface area contributed by atoms with E-state index in [4.69, 9.17) is 11.6 Å². The first-order valence-corrected chi connectivity index (χ1v) is 8.51. The third kappa shape index (κ3) is 3.30. The van der Waals surface area contributed by atoms with Crippen molar-refractivity contribution >= 4 is 34.2 Å². The summed E-state index contributed by atoms with van der Waals surface area (Å²) in [6.45, 7) is 0.590. The molecule has 0 saturated heterocycles. The Bertz CT molecular complexity index is 1070. The Morgan fingerprint density at radius 2 is 1.69 bits per heavy atom. The molecule has 1 N–H and O–H groups in total. The Kier molecular flexibility index (Phi) is 4.37. The fourth-order valence-corrected chi connectivity index (χ4v) is 2.91. The van der Waals surface area contributed by atoms with Gasteiger partial charge in [0, 0.05) is 5.56 Å². The second kappa shape index (κ2) is 6.98. The van der Waals surface area contributed by atoms with Crippen LogP contribution in [0, 0.1) is 0 Å². The first kappa shape index (κ1) is 16.3. The molecule has 0 saturated carbocycles. The summed E-state index contributed by atoms with van der Waals surface area (Å²) >= 11 is 6.08. The molecule has 4 rings (SSSR count). The number of nitrogens with one attached hydrogen (secondary N) is 1. The molecule has 26 heavy (non-hydrogen) atoms. The fourth-order valence-electron chi connectivity index (χ4n) is 2.73. The smallest absolute Gasteiger partial charge is 0.255 e. The zero-order valence-electron chi connectivity index (χ0n) is 13.8. The normalized spacial score (nSPS) is 10.8. The summed E-state index contributed by atoms with van der Waals surface area (Å²) in [7, 11) is 0. The van der Waals surface area contributed by atoms with Crippen LogP contribution in [0.5, 0.6) is 0 Å². The van der Waals surface area contributed by atoms with Crippen molar-refractivity contribution in [2.75, 3.05) is 5.32 Å². The molecule has 0 atom stereocenters. The highest BCUT2D eigenvalue weighted by molar-refractivity contribution is 6.33. The van der Waals surface area contributed by atoms with Crippen molar-refractivity contribution in [3.63, 3.8) is 0 Å². The number of aromatic nitrogens is 3. The Morgan fingerprint density at radius 3 is 2.50 bits per heavy atom. The van der Waals surface area contributed by atoms with E-state index in [1.807, 2.05) is 53.2 Å². The Morgan fingerprint density at radius 1 is 0.962 bits per heavy atom. The maximum Gasteiger partial charge on any atom is 0.255 e. The van der Waals surface area contributed by atoms with E-state index in [0.717, 1.165) is 16.6 Å². The Hall–Kier alpha value is -3.18. The van der Waals surface area contributed by atoms with Crippen molar-refractivity contribution in [2.24, 2.45) is 0 Å². The molecule has 0 aliphatic rings. The van der Waals surface area contributed by atoms with Crippen molar-refractivity contribution in [3.05, 3.63) is 88.9 Å². The molecule has 4 aromatic rings.